The SMILES string of the molecule is Cl.O=C1NCC2CN(C(=O)[C@@]34CCCC[C@H]3CNC4)CCN12. The molecule has 0 radical (unpaired) electrons. The lowest BCUT2D eigenvalue weighted by atomic mass is 9.67. The fourth-order valence-corrected chi connectivity index (χ4v) is 4.77. The Morgan fingerprint density at radius 1 is 1.23 bits per heavy atom. The number of carbonyl (C=O) groups excluding carboxylic acids is 2. The molecule has 3 atom stereocenters. The Hall–Kier alpha value is -1.01. The van der Waals surface area contributed by atoms with Gasteiger partial charge in [-0.15, -0.1) is 12.4 Å². The second kappa shape index (κ2) is 5.89. The van der Waals surface area contributed by atoms with Gasteiger partial charge in [-0.05, 0) is 25.3 Å². The van der Waals surface area contributed by atoms with Crippen LogP contribution in [0.1, 0.15) is 25.7 Å². The molecule has 1 saturated carbocycles. The van der Waals surface area contributed by atoms with Crippen LogP contribution in [0.5, 0.6) is 0 Å². The smallest absolute Gasteiger partial charge is 0.317 e. The minimum atomic E-state index is -0.156. The summed E-state index contributed by atoms with van der Waals surface area (Å²) in [4.78, 5) is 28.8. The molecule has 7 heteroatoms. The number of carbonyl (C=O) groups is 2. The van der Waals surface area contributed by atoms with Crippen molar-refractivity contribution in [1.82, 2.24) is 20.4 Å². The molecule has 0 aromatic carbocycles. The van der Waals surface area contributed by atoms with Gasteiger partial charge < -0.3 is 20.4 Å². The van der Waals surface area contributed by atoms with E-state index in [9.17, 15) is 9.59 Å². The molecular formula is C15H25ClN4O2. The minimum absolute atomic E-state index is 0. The van der Waals surface area contributed by atoms with E-state index in [0.29, 0.717) is 38.0 Å². The number of hydrogen-bond donors (Lipinski definition) is 2. The van der Waals surface area contributed by atoms with Gasteiger partial charge in [0.15, 0.2) is 0 Å². The van der Waals surface area contributed by atoms with Gasteiger partial charge in [-0.1, -0.05) is 12.8 Å². The van der Waals surface area contributed by atoms with Crippen molar-refractivity contribution >= 4 is 24.3 Å². The highest BCUT2D eigenvalue weighted by Gasteiger charge is 2.52. The zero-order valence-electron chi connectivity index (χ0n) is 12.8. The average Bonchev–Trinajstić information content (AvgIpc) is 3.11. The van der Waals surface area contributed by atoms with Crippen LogP contribution in [0.15, 0.2) is 0 Å². The second-order valence-corrected chi connectivity index (χ2v) is 7.01. The second-order valence-electron chi connectivity index (χ2n) is 7.01. The average molecular weight is 329 g/mol. The molecule has 22 heavy (non-hydrogen) atoms. The van der Waals surface area contributed by atoms with Gasteiger partial charge in [-0.25, -0.2) is 4.79 Å². The first-order valence-electron chi connectivity index (χ1n) is 8.25. The van der Waals surface area contributed by atoms with Crippen LogP contribution in [0.25, 0.3) is 0 Å². The van der Waals surface area contributed by atoms with Gasteiger partial charge in [-0.2, -0.15) is 0 Å². The molecule has 4 fully saturated rings. The molecule has 0 spiro atoms. The Morgan fingerprint density at radius 2 is 2.09 bits per heavy atom. The number of nitrogens with one attached hydrogen (secondary N) is 2. The Morgan fingerprint density at radius 3 is 2.95 bits per heavy atom. The van der Waals surface area contributed by atoms with Crippen LogP contribution in [0.2, 0.25) is 0 Å². The van der Waals surface area contributed by atoms with Crippen LogP contribution < -0.4 is 10.6 Å². The van der Waals surface area contributed by atoms with E-state index in [4.69, 9.17) is 0 Å². The zero-order valence-corrected chi connectivity index (χ0v) is 13.7. The van der Waals surface area contributed by atoms with Gasteiger partial charge in [-0.3, -0.25) is 4.79 Å². The Labute approximate surface area is 137 Å². The lowest BCUT2D eigenvalue weighted by Gasteiger charge is -2.44. The molecule has 124 valence electrons. The van der Waals surface area contributed by atoms with Crippen molar-refractivity contribution in [1.29, 1.82) is 0 Å². The Balaban J connectivity index is 0.00000144. The molecular weight excluding hydrogens is 304 g/mol. The molecule has 3 saturated heterocycles. The van der Waals surface area contributed by atoms with E-state index in [0.717, 1.165) is 19.5 Å². The molecule has 0 aromatic rings. The van der Waals surface area contributed by atoms with Crippen LogP contribution in [0, 0.1) is 11.3 Å². The molecule has 4 rings (SSSR count). The summed E-state index contributed by atoms with van der Waals surface area (Å²) in [5.41, 5.74) is -0.156. The van der Waals surface area contributed by atoms with Crippen LogP contribution in [0.3, 0.4) is 0 Å². The minimum Gasteiger partial charge on any atom is -0.338 e. The largest absolute Gasteiger partial charge is 0.338 e. The highest BCUT2D eigenvalue weighted by Crippen LogP contribution is 2.45. The maximum Gasteiger partial charge on any atom is 0.317 e. The molecule has 1 aliphatic carbocycles. The van der Waals surface area contributed by atoms with E-state index in [1.165, 1.54) is 19.3 Å². The summed E-state index contributed by atoms with van der Waals surface area (Å²) in [6, 6.07) is 0.200. The van der Waals surface area contributed by atoms with E-state index in [2.05, 4.69) is 10.6 Å². The third kappa shape index (κ3) is 2.27. The molecule has 3 amide bonds. The highest BCUT2D eigenvalue weighted by atomic mass is 35.5. The number of urea groups is 1. The third-order valence-electron chi connectivity index (χ3n) is 5.98. The number of nitrogens with zero attached hydrogens (tertiary/aromatic N) is 2. The number of piperazine rings is 1. The molecule has 1 unspecified atom stereocenters. The van der Waals surface area contributed by atoms with Crippen LogP contribution in [-0.4, -0.2) is 67.0 Å². The maximum absolute atomic E-state index is 13.2. The number of amides is 3. The van der Waals surface area contributed by atoms with Crippen molar-refractivity contribution in [3.8, 4) is 0 Å². The molecule has 2 N–H and O–H groups in total. The Bertz CT molecular complexity index is 474. The standard InChI is InChI=1S/C15H24N4O2.ClH/c20-13(15-4-2-1-3-11(15)7-16-10-15)18-5-6-19-12(9-18)8-17-14(19)21;/h11-12,16H,1-10H2,(H,17,21);1H/t11-,12?,15+;/m0./s1. The van der Waals surface area contributed by atoms with Crippen molar-refractivity contribution in [3.63, 3.8) is 0 Å². The van der Waals surface area contributed by atoms with Crippen molar-refractivity contribution in [3.05, 3.63) is 0 Å². The summed E-state index contributed by atoms with van der Waals surface area (Å²) in [6.07, 6.45) is 4.65. The van der Waals surface area contributed by atoms with Crippen molar-refractivity contribution in [2.24, 2.45) is 11.3 Å². The molecule has 0 bridgehead atoms. The number of halogens is 1. The third-order valence-corrected chi connectivity index (χ3v) is 5.98. The Kier molecular flexibility index (Phi) is 4.25. The van der Waals surface area contributed by atoms with Gasteiger partial charge in [0.2, 0.25) is 5.91 Å². The summed E-state index contributed by atoms with van der Waals surface area (Å²) < 4.78 is 0. The van der Waals surface area contributed by atoms with Gasteiger partial charge in [0.25, 0.3) is 0 Å². The summed E-state index contributed by atoms with van der Waals surface area (Å²) in [5.74, 6) is 0.858. The van der Waals surface area contributed by atoms with Crippen molar-refractivity contribution in [2.45, 2.75) is 31.7 Å². The molecule has 6 nitrogen and oxygen atoms in total. The van der Waals surface area contributed by atoms with Gasteiger partial charge >= 0.3 is 6.03 Å². The fourth-order valence-electron chi connectivity index (χ4n) is 4.77. The monoisotopic (exact) mass is 328 g/mol. The van der Waals surface area contributed by atoms with Crippen molar-refractivity contribution < 1.29 is 9.59 Å². The van der Waals surface area contributed by atoms with E-state index in [-0.39, 0.29) is 29.9 Å². The quantitative estimate of drug-likeness (QED) is 0.733. The molecule has 3 aliphatic heterocycles. The zero-order chi connectivity index (χ0) is 14.4. The first kappa shape index (κ1) is 15.9. The van der Waals surface area contributed by atoms with Crippen LogP contribution in [-0.2, 0) is 4.79 Å². The summed E-state index contributed by atoms with van der Waals surface area (Å²) in [6.45, 7) is 4.59. The highest BCUT2D eigenvalue weighted by molar-refractivity contribution is 5.85. The predicted octanol–water partition coefficient (Wildman–Crippen LogP) is 0.424. The summed E-state index contributed by atoms with van der Waals surface area (Å²) in [5, 5.41) is 6.34. The van der Waals surface area contributed by atoms with Gasteiger partial charge in [0, 0.05) is 32.7 Å². The van der Waals surface area contributed by atoms with Crippen molar-refractivity contribution in [2.75, 3.05) is 39.3 Å². The lowest BCUT2D eigenvalue weighted by Crippen LogP contribution is -2.58. The van der Waals surface area contributed by atoms with E-state index < -0.39 is 0 Å². The lowest BCUT2D eigenvalue weighted by molar-refractivity contribution is -0.147. The number of fused-ring (bicyclic) bond motifs is 2. The van der Waals surface area contributed by atoms with E-state index in [1.54, 1.807) is 0 Å². The molecule has 3 heterocycles. The van der Waals surface area contributed by atoms with Gasteiger partial charge in [0.05, 0.1) is 11.5 Å². The number of rotatable bonds is 1. The predicted molar refractivity (Wildman–Crippen MR) is 85.0 cm³/mol. The van der Waals surface area contributed by atoms with E-state index in [1.807, 2.05) is 9.80 Å². The molecule has 4 aliphatic rings. The number of hydrogen-bond acceptors (Lipinski definition) is 3. The van der Waals surface area contributed by atoms with Crippen LogP contribution >= 0.6 is 12.4 Å². The van der Waals surface area contributed by atoms with Gasteiger partial charge in [0.1, 0.15) is 0 Å². The van der Waals surface area contributed by atoms with Crippen LogP contribution in [0.4, 0.5) is 4.79 Å². The topological polar surface area (TPSA) is 64.7 Å². The first-order valence-corrected chi connectivity index (χ1v) is 8.25. The molecule has 0 aromatic heterocycles. The maximum atomic E-state index is 13.2. The summed E-state index contributed by atoms with van der Waals surface area (Å²) in [7, 11) is 0. The first-order chi connectivity index (χ1) is 10.2. The normalized spacial score (nSPS) is 37.2. The summed E-state index contributed by atoms with van der Waals surface area (Å²) >= 11 is 0. The fraction of sp³-hybridized carbons (Fsp3) is 0.867. The van der Waals surface area contributed by atoms with E-state index >= 15 is 0 Å².